The number of aryl methyl sites for hydroxylation is 1. The van der Waals surface area contributed by atoms with Crippen LogP contribution in [0.1, 0.15) is 25.8 Å². The van der Waals surface area contributed by atoms with Crippen molar-refractivity contribution in [3.8, 4) is 6.07 Å². The molecule has 0 radical (unpaired) electrons. The third-order valence-electron chi connectivity index (χ3n) is 4.28. The Hall–Kier alpha value is -1.45. The van der Waals surface area contributed by atoms with Crippen molar-refractivity contribution >= 4 is 0 Å². The van der Waals surface area contributed by atoms with Gasteiger partial charge in [-0.25, -0.2) is 0 Å². The van der Waals surface area contributed by atoms with Crippen molar-refractivity contribution in [2.75, 3.05) is 0 Å². The van der Waals surface area contributed by atoms with Gasteiger partial charge in [0.15, 0.2) is 18.2 Å². The molecule has 5 nitrogen and oxygen atoms in total. The third kappa shape index (κ3) is 3.01. The number of nitriles is 1. The highest BCUT2D eigenvalue weighted by Gasteiger charge is 2.55. The van der Waals surface area contributed by atoms with Crippen molar-refractivity contribution in [1.29, 1.82) is 5.26 Å². The van der Waals surface area contributed by atoms with Gasteiger partial charge in [-0.15, -0.1) is 0 Å². The molecular weight excluding hydrogens is 282 g/mol. The zero-order valence-electron chi connectivity index (χ0n) is 12.8. The summed E-state index contributed by atoms with van der Waals surface area (Å²) < 4.78 is 17.4. The fourth-order valence-electron chi connectivity index (χ4n) is 3.28. The van der Waals surface area contributed by atoms with Gasteiger partial charge in [-0.2, -0.15) is 5.26 Å². The first-order chi connectivity index (χ1) is 10.5. The SMILES string of the molecule is CC1(C)O[C@H]2O[C@H]([C@@H](O)C#N)[C@H](CCc3ccccc3)[C@H]2O1. The Morgan fingerprint density at radius 1 is 1.27 bits per heavy atom. The Labute approximate surface area is 130 Å². The zero-order valence-corrected chi connectivity index (χ0v) is 12.8. The quantitative estimate of drug-likeness (QED) is 0.861. The van der Waals surface area contributed by atoms with E-state index >= 15 is 0 Å². The van der Waals surface area contributed by atoms with Gasteiger partial charge in [0.1, 0.15) is 12.2 Å². The molecule has 5 atom stereocenters. The van der Waals surface area contributed by atoms with Crippen molar-refractivity contribution in [2.24, 2.45) is 5.92 Å². The Kier molecular flexibility index (Phi) is 4.20. The van der Waals surface area contributed by atoms with Gasteiger partial charge in [0.2, 0.25) is 0 Å². The molecule has 0 saturated carbocycles. The van der Waals surface area contributed by atoms with Gasteiger partial charge in [0, 0.05) is 5.92 Å². The fraction of sp³-hybridized carbons (Fsp3) is 0.588. The number of aliphatic hydroxyl groups is 1. The summed E-state index contributed by atoms with van der Waals surface area (Å²) in [7, 11) is 0. The van der Waals surface area contributed by atoms with E-state index in [1.54, 1.807) is 0 Å². The Morgan fingerprint density at radius 3 is 2.68 bits per heavy atom. The highest BCUT2D eigenvalue weighted by molar-refractivity contribution is 5.15. The fourth-order valence-corrected chi connectivity index (χ4v) is 3.28. The summed E-state index contributed by atoms with van der Waals surface area (Å²) in [4.78, 5) is 0. The molecular formula is C17H21NO4. The number of rotatable bonds is 4. The molecule has 1 aromatic carbocycles. The lowest BCUT2D eigenvalue weighted by molar-refractivity contribution is -0.217. The van der Waals surface area contributed by atoms with E-state index in [0.717, 1.165) is 12.8 Å². The number of fused-ring (bicyclic) bond motifs is 1. The number of hydrogen-bond donors (Lipinski definition) is 1. The lowest BCUT2D eigenvalue weighted by Crippen LogP contribution is -2.36. The van der Waals surface area contributed by atoms with Crippen LogP contribution in [-0.2, 0) is 20.6 Å². The van der Waals surface area contributed by atoms with Crippen molar-refractivity contribution in [2.45, 2.75) is 57.1 Å². The van der Waals surface area contributed by atoms with Crippen LogP contribution in [0.5, 0.6) is 0 Å². The summed E-state index contributed by atoms with van der Waals surface area (Å²) in [5, 5.41) is 18.9. The molecule has 118 valence electrons. The molecule has 2 saturated heterocycles. The van der Waals surface area contributed by atoms with E-state index in [9.17, 15) is 5.11 Å². The summed E-state index contributed by atoms with van der Waals surface area (Å²) >= 11 is 0. The van der Waals surface area contributed by atoms with Crippen LogP contribution in [-0.4, -0.2) is 35.5 Å². The molecule has 5 heteroatoms. The zero-order chi connectivity index (χ0) is 15.7. The molecule has 2 heterocycles. The lowest BCUT2D eigenvalue weighted by atomic mass is 9.89. The van der Waals surface area contributed by atoms with Crippen molar-refractivity contribution in [3.63, 3.8) is 0 Å². The molecule has 2 aliphatic rings. The summed E-state index contributed by atoms with van der Waals surface area (Å²) in [5.41, 5.74) is 1.22. The summed E-state index contributed by atoms with van der Waals surface area (Å²) in [6.45, 7) is 3.69. The molecule has 0 aliphatic carbocycles. The molecule has 0 bridgehead atoms. The highest BCUT2D eigenvalue weighted by Crippen LogP contribution is 2.43. The molecule has 3 rings (SSSR count). The molecule has 1 N–H and O–H groups in total. The minimum absolute atomic E-state index is 0.0679. The van der Waals surface area contributed by atoms with Gasteiger partial charge in [-0.3, -0.25) is 0 Å². The maximum absolute atomic E-state index is 9.91. The third-order valence-corrected chi connectivity index (χ3v) is 4.28. The number of nitrogens with zero attached hydrogens (tertiary/aromatic N) is 1. The molecule has 2 fully saturated rings. The van der Waals surface area contributed by atoms with Gasteiger partial charge in [0.25, 0.3) is 0 Å². The van der Waals surface area contributed by atoms with E-state index in [-0.39, 0.29) is 12.0 Å². The van der Waals surface area contributed by atoms with E-state index in [2.05, 4.69) is 12.1 Å². The number of hydrogen-bond acceptors (Lipinski definition) is 5. The van der Waals surface area contributed by atoms with Crippen LogP contribution in [0.3, 0.4) is 0 Å². The summed E-state index contributed by atoms with van der Waals surface area (Å²) in [6, 6.07) is 12.0. The van der Waals surface area contributed by atoms with Crippen LogP contribution in [0.4, 0.5) is 0 Å². The lowest BCUT2D eigenvalue weighted by Gasteiger charge is -2.26. The van der Waals surface area contributed by atoms with E-state index in [0.29, 0.717) is 0 Å². The van der Waals surface area contributed by atoms with Crippen LogP contribution in [0.15, 0.2) is 30.3 Å². The average molecular weight is 303 g/mol. The van der Waals surface area contributed by atoms with E-state index in [4.69, 9.17) is 19.5 Å². The van der Waals surface area contributed by atoms with E-state index < -0.39 is 24.3 Å². The topological polar surface area (TPSA) is 71.7 Å². The van der Waals surface area contributed by atoms with Crippen molar-refractivity contribution in [1.82, 2.24) is 0 Å². The Bertz CT molecular complexity index is 554. The summed E-state index contributed by atoms with van der Waals surface area (Å²) in [5.74, 6) is -0.760. The Balaban J connectivity index is 1.73. The van der Waals surface area contributed by atoms with Crippen LogP contribution in [0.2, 0.25) is 0 Å². The highest BCUT2D eigenvalue weighted by atomic mass is 16.8. The first-order valence-corrected chi connectivity index (χ1v) is 7.63. The first-order valence-electron chi connectivity index (χ1n) is 7.63. The van der Waals surface area contributed by atoms with Gasteiger partial charge < -0.3 is 19.3 Å². The Morgan fingerprint density at radius 2 is 2.00 bits per heavy atom. The van der Waals surface area contributed by atoms with Gasteiger partial charge in [-0.05, 0) is 32.3 Å². The standard InChI is InChI=1S/C17H21NO4/c1-17(2)21-15-12(9-8-11-6-4-3-5-7-11)14(13(19)10-18)20-16(15)22-17/h3-7,12-16,19H,8-9H2,1-2H3/t12-,13-,14-,15+,16+/m0/s1. The molecule has 0 aromatic heterocycles. The maximum atomic E-state index is 9.91. The van der Waals surface area contributed by atoms with E-state index in [1.165, 1.54) is 5.56 Å². The van der Waals surface area contributed by atoms with Gasteiger partial charge in [-0.1, -0.05) is 30.3 Å². The largest absolute Gasteiger partial charge is 0.375 e. The number of benzene rings is 1. The van der Waals surface area contributed by atoms with Crippen LogP contribution in [0.25, 0.3) is 0 Å². The van der Waals surface area contributed by atoms with E-state index in [1.807, 2.05) is 38.1 Å². The second-order valence-electron chi connectivity index (χ2n) is 6.33. The van der Waals surface area contributed by atoms with Crippen LogP contribution >= 0.6 is 0 Å². The molecule has 0 unspecified atom stereocenters. The smallest absolute Gasteiger partial charge is 0.188 e. The summed E-state index contributed by atoms with van der Waals surface area (Å²) in [6.07, 6.45) is -0.873. The number of aliphatic hydroxyl groups excluding tert-OH is 1. The number of ether oxygens (including phenoxy) is 3. The molecule has 22 heavy (non-hydrogen) atoms. The normalized spacial score (nSPS) is 34.1. The second kappa shape index (κ2) is 5.98. The van der Waals surface area contributed by atoms with Crippen molar-refractivity contribution in [3.05, 3.63) is 35.9 Å². The average Bonchev–Trinajstić information content (AvgIpc) is 2.97. The molecule has 0 amide bonds. The van der Waals surface area contributed by atoms with Crippen molar-refractivity contribution < 1.29 is 19.3 Å². The predicted molar refractivity (Wildman–Crippen MR) is 78.6 cm³/mol. The molecule has 0 spiro atoms. The second-order valence-corrected chi connectivity index (χ2v) is 6.33. The minimum atomic E-state index is -1.17. The monoisotopic (exact) mass is 303 g/mol. The van der Waals surface area contributed by atoms with Gasteiger partial charge >= 0.3 is 0 Å². The maximum Gasteiger partial charge on any atom is 0.188 e. The van der Waals surface area contributed by atoms with Gasteiger partial charge in [0.05, 0.1) is 6.07 Å². The molecule has 1 aromatic rings. The minimum Gasteiger partial charge on any atom is -0.375 e. The first kappa shape index (κ1) is 15.4. The molecule has 2 aliphatic heterocycles. The van der Waals surface area contributed by atoms with Crippen LogP contribution in [0, 0.1) is 17.2 Å². The van der Waals surface area contributed by atoms with Crippen LogP contribution < -0.4 is 0 Å². The predicted octanol–water partition coefficient (Wildman–Crippen LogP) is 2.00.